The van der Waals surface area contributed by atoms with Crippen LogP contribution in [0.3, 0.4) is 0 Å². The number of anilines is 1. The van der Waals surface area contributed by atoms with Crippen LogP contribution in [-0.4, -0.2) is 20.8 Å². The van der Waals surface area contributed by atoms with Gasteiger partial charge >= 0.3 is 0 Å². The lowest BCUT2D eigenvalue weighted by Crippen LogP contribution is -2.25. The zero-order valence-electron chi connectivity index (χ0n) is 10.3. The maximum absolute atomic E-state index is 12.0. The van der Waals surface area contributed by atoms with Gasteiger partial charge in [0.2, 0.25) is 0 Å². The number of imidazole rings is 1. The van der Waals surface area contributed by atoms with Gasteiger partial charge in [-0.15, -0.1) is 0 Å². The Kier molecular flexibility index (Phi) is 3.91. The summed E-state index contributed by atoms with van der Waals surface area (Å²) in [5.41, 5.74) is 2.72. The number of hydrogen-bond acceptors (Lipinski definition) is 6. The number of benzene rings is 1. The fourth-order valence-electron chi connectivity index (χ4n) is 1.69. The van der Waals surface area contributed by atoms with Crippen molar-refractivity contribution in [3.63, 3.8) is 0 Å². The van der Waals surface area contributed by atoms with Crippen LogP contribution in [0, 0.1) is 10.1 Å². The summed E-state index contributed by atoms with van der Waals surface area (Å²) < 4.78 is 0. The number of hydrazine groups is 1. The van der Waals surface area contributed by atoms with E-state index in [1.54, 1.807) is 6.20 Å². The Labute approximate surface area is 113 Å². The van der Waals surface area contributed by atoms with E-state index in [2.05, 4.69) is 20.7 Å². The van der Waals surface area contributed by atoms with Gasteiger partial charge in [0.15, 0.2) is 0 Å². The zero-order chi connectivity index (χ0) is 14.5. The summed E-state index contributed by atoms with van der Waals surface area (Å²) in [6, 6.07) is 4.13. The Bertz CT molecular complexity index is 625. The van der Waals surface area contributed by atoms with E-state index in [9.17, 15) is 14.9 Å². The molecule has 0 radical (unpaired) electrons. The second-order valence-corrected chi connectivity index (χ2v) is 3.86. The number of nitrogens with one attached hydrogen (secondary N) is 3. The molecule has 0 bridgehead atoms. The number of hydrogen-bond donors (Lipinski definition) is 4. The summed E-state index contributed by atoms with van der Waals surface area (Å²) in [5.74, 6) is 4.79. The number of rotatable bonds is 5. The highest BCUT2D eigenvalue weighted by atomic mass is 16.6. The Morgan fingerprint density at radius 3 is 2.90 bits per heavy atom. The number of para-hydroxylation sites is 1. The minimum absolute atomic E-state index is 0.0281. The number of amides is 1. The molecule has 0 fully saturated rings. The van der Waals surface area contributed by atoms with Crippen LogP contribution in [0.1, 0.15) is 16.1 Å². The number of H-pyrrole nitrogens is 1. The summed E-state index contributed by atoms with van der Waals surface area (Å²) >= 11 is 0. The number of nitrogens with zero attached hydrogens (tertiary/aromatic N) is 2. The fraction of sp³-hybridized carbons (Fsp3) is 0.0909. The van der Waals surface area contributed by atoms with E-state index < -0.39 is 10.8 Å². The molecule has 0 saturated carbocycles. The van der Waals surface area contributed by atoms with E-state index in [1.807, 2.05) is 0 Å². The van der Waals surface area contributed by atoms with Gasteiger partial charge in [-0.05, 0) is 6.07 Å². The molecule has 5 N–H and O–H groups in total. The van der Waals surface area contributed by atoms with Gasteiger partial charge in [-0.1, -0.05) is 6.07 Å². The Morgan fingerprint density at radius 2 is 2.30 bits per heavy atom. The largest absolute Gasteiger partial charge is 0.347 e. The number of nitrogens with two attached hydrogens (primary N) is 1. The van der Waals surface area contributed by atoms with E-state index >= 15 is 0 Å². The molecule has 104 valence electrons. The molecule has 1 aromatic heterocycles. The number of carbonyl (C=O) groups is 1. The highest BCUT2D eigenvalue weighted by molar-refractivity contribution is 6.01. The van der Waals surface area contributed by atoms with Gasteiger partial charge in [-0.2, -0.15) is 0 Å². The van der Waals surface area contributed by atoms with Crippen molar-refractivity contribution >= 4 is 17.3 Å². The van der Waals surface area contributed by atoms with E-state index in [-0.39, 0.29) is 23.5 Å². The number of nitrogen functional groups attached to an aromatic ring is 1. The zero-order valence-corrected chi connectivity index (χ0v) is 10.3. The van der Waals surface area contributed by atoms with Gasteiger partial charge in [0.25, 0.3) is 11.6 Å². The second kappa shape index (κ2) is 5.80. The second-order valence-electron chi connectivity index (χ2n) is 3.86. The predicted molar refractivity (Wildman–Crippen MR) is 70.7 cm³/mol. The van der Waals surface area contributed by atoms with Crippen molar-refractivity contribution in [1.82, 2.24) is 15.3 Å². The minimum atomic E-state index is -0.610. The van der Waals surface area contributed by atoms with Gasteiger partial charge in [0.05, 0.1) is 29.1 Å². The van der Waals surface area contributed by atoms with Crippen LogP contribution in [0.15, 0.2) is 30.7 Å². The highest BCUT2D eigenvalue weighted by Crippen LogP contribution is 2.27. The van der Waals surface area contributed by atoms with E-state index in [4.69, 9.17) is 5.84 Å². The Balaban J connectivity index is 2.21. The Hall–Kier alpha value is -2.94. The predicted octanol–water partition coefficient (Wildman–Crippen LogP) is 0.533. The first-order valence-corrected chi connectivity index (χ1v) is 5.63. The molecule has 9 nitrogen and oxygen atoms in total. The third-order valence-corrected chi connectivity index (χ3v) is 2.62. The average Bonchev–Trinajstić information content (AvgIpc) is 2.97. The van der Waals surface area contributed by atoms with Crippen molar-refractivity contribution in [1.29, 1.82) is 0 Å². The topological polar surface area (TPSA) is 139 Å². The summed E-state index contributed by atoms with van der Waals surface area (Å²) in [6.07, 6.45) is 3.05. The molecule has 1 aromatic carbocycles. The van der Waals surface area contributed by atoms with Crippen LogP contribution in [0.25, 0.3) is 0 Å². The molecule has 0 aliphatic heterocycles. The van der Waals surface area contributed by atoms with E-state index in [0.717, 1.165) is 0 Å². The van der Waals surface area contributed by atoms with Crippen LogP contribution in [0.4, 0.5) is 11.4 Å². The lowest BCUT2D eigenvalue weighted by molar-refractivity contribution is -0.384. The van der Waals surface area contributed by atoms with Crippen LogP contribution >= 0.6 is 0 Å². The first kappa shape index (κ1) is 13.5. The third kappa shape index (κ3) is 2.72. The minimum Gasteiger partial charge on any atom is -0.347 e. The molecule has 0 atom stereocenters. The van der Waals surface area contributed by atoms with Gasteiger partial charge in [-0.25, -0.2) is 4.98 Å². The quantitative estimate of drug-likeness (QED) is 0.357. The average molecular weight is 276 g/mol. The summed E-state index contributed by atoms with van der Waals surface area (Å²) in [5, 5.41) is 13.5. The lowest BCUT2D eigenvalue weighted by atomic mass is 10.1. The SMILES string of the molecule is NNc1c(C(=O)NCc2cnc[nH]2)cccc1[N+](=O)[O-]. The molecule has 20 heavy (non-hydrogen) atoms. The van der Waals surface area contributed by atoms with Gasteiger partial charge < -0.3 is 15.7 Å². The molecule has 0 spiro atoms. The van der Waals surface area contributed by atoms with Crippen molar-refractivity contribution in [2.75, 3.05) is 5.43 Å². The van der Waals surface area contributed by atoms with Crippen LogP contribution in [-0.2, 0) is 6.54 Å². The van der Waals surface area contributed by atoms with Crippen molar-refractivity contribution in [2.24, 2.45) is 5.84 Å². The smallest absolute Gasteiger partial charge is 0.294 e. The third-order valence-electron chi connectivity index (χ3n) is 2.62. The highest BCUT2D eigenvalue weighted by Gasteiger charge is 2.20. The molecular weight excluding hydrogens is 264 g/mol. The van der Waals surface area contributed by atoms with Crippen molar-refractivity contribution in [3.8, 4) is 0 Å². The number of carbonyl (C=O) groups excluding carboxylic acids is 1. The van der Waals surface area contributed by atoms with Gasteiger partial charge in [0.1, 0.15) is 5.69 Å². The van der Waals surface area contributed by atoms with Gasteiger partial charge in [-0.3, -0.25) is 20.8 Å². The van der Waals surface area contributed by atoms with Crippen molar-refractivity contribution < 1.29 is 9.72 Å². The molecule has 0 unspecified atom stereocenters. The number of aromatic amines is 1. The van der Waals surface area contributed by atoms with Crippen molar-refractivity contribution in [2.45, 2.75) is 6.54 Å². The summed E-state index contributed by atoms with van der Waals surface area (Å²) in [7, 11) is 0. The molecule has 9 heteroatoms. The molecular formula is C11H12N6O3. The van der Waals surface area contributed by atoms with Crippen LogP contribution < -0.4 is 16.6 Å². The van der Waals surface area contributed by atoms with Crippen molar-refractivity contribution in [3.05, 3.63) is 52.1 Å². The van der Waals surface area contributed by atoms with Gasteiger partial charge in [0, 0.05) is 12.3 Å². The standard InChI is InChI=1S/C11H12N6O3/c12-16-10-8(2-1-3-9(10)17(19)20)11(18)14-5-7-4-13-6-15-7/h1-4,6,16H,5,12H2,(H,13,15)(H,14,18). The maximum atomic E-state index is 12.0. The molecule has 0 aliphatic rings. The van der Waals surface area contributed by atoms with E-state index in [1.165, 1.54) is 24.5 Å². The summed E-state index contributed by atoms with van der Waals surface area (Å²) in [4.78, 5) is 28.9. The number of nitro benzene ring substituents is 1. The number of nitro groups is 1. The van der Waals surface area contributed by atoms with Crippen LogP contribution in [0.2, 0.25) is 0 Å². The fourth-order valence-corrected chi connectivity index (χ4v) is 1.69. The molecule has 1 amide bonds. The molecule has 2 aromatic rings. The Morgan fingerprint density at radius 1 is 1.50 bits per heavy atom. The normalized spacial score (nSPS) is 10.1. The first-order chi connectivity index (χ1) is 9.63. The molecule has 2 rings (SSSR count). The monoisotopic (exact) mass is 276 g/mol. The molecule has 1 heterocycles. The lowest BCUT2D eigenvalue weighted by Gasteiger charge is -2.09. The molecule has 0 aliphatic carbocycles. The number of aromatic nitrogens is 2. The maximum Gasteiger partial charge on any atom is 0.294 e. The first-order valence-electron chi connectivity index (χ1n) is 5.63. The van der Waals surface area contributed by atoms with E-state index in [0.29, 0.717) is 5.69 Å². The summed E-state index contributed by atoms with van der Waals surface area (Å²) in [6.45, 7) is 0.228. The molecule has 0 saturated heterocycles. The van der Waals surface area contributed by atoms with Crippen LogP contribution in [0.5, 0.6) is 0 Å².